The van der Waals surface area contributed by atoms with Crippen molar-refractivity contribution in [3.05, 3.63) is 82.0 Å². The first kappa shape index (κ1) is 19.6. The molecule has 3 aromatic carbocycles. The third-order valence-electron chi connectivity index (χ3n) is 5.86. The predicted octanol–water partition coefficient (Wildman–Crippen LogP) is 5.05. The molecular formula is C25H22ClN3O2. The molecule has 1 saturated heterocycles. The van der Waals surface area contributed by atoms with Crippen molar-refractivity contribution < 1.29 is 4.79 Å². The van der Waals surface area contributed by atoms with Crippen molar-refractivity contribution in [3.63, 3.8) is 0 Å². The molecule has 5 rings (SSSR count). The number of hydrogen-bond donors (Lipinski definition) is 1. The molecule has 0 radical (unpaired) electrons. The molecule has 1 aliphatic rings. The van der Waals surface area contributed by atoms with Gasteiger partial charge in [-0.2, -0.15) is 0 Å². The van der Waals surface area contributed by atoms with Crippen LogP contribution in [0.1, 0.15) is 12.8 Å². The monoisotopic (exact) mass is 431 g/mol. The number of aromatic nitrogens is 1. The molecule has 1 N–H and O–H groups in total. The lowest BCUT2D eigenvalue weighted by atomic mass is 10.1. The molecule has 0 saturated carbocycles. The number of nitrogens with one attached hydrogen (secondary N) is 1. The maximum atomic E-state index is 13.2. The van der Waals surface area contributed by atoms with Crippen LogP contribution in [0.2, 0.25) is 5.02 Å². The summed E-state index contributed by atoms with van der Waals surface area (Å²) >= 11 is 6.23. The summed E-state index contributed by atoms with van der Waals surface area (Å²) in [6, 6.07) is 20.4. The molecule has 1 aromatic heterocycles. The fourth-order valence-corrected chi connectivity index (χ4v) is 4.59. The van der Waals surface area contributed by atoms with Crippen LogP contribution in [-0.4, -0.2) is 23.6 Å². The summed E-state index contributed by atoms with van der Waals surface area (Å²) in [7, 11) is 0. The van der Waals surface area contributed by atoms with Crippen molar-refractivity contribution in [2.45, 2.75) is 19.4 Å². The van der Waals surface area contributed by atoms with Gasteiger partial charge in [-0.05, 0) is 55.3 Å². The lowest BCUT2D eigenvalue weighted by molar-refractivity contribution is -0.116. The van der Waals surface area contributed by atoms with Crippen molar-refractivity contribution in [1.29, 1.82) is 0 Å². The van der Waals surface area contributed by atoms with E-state index in [0.29, 0.717) is 21.5 Å². The first-order valence-corrected chi connectivity index (χ1v) is 10.8. The topological polar surface area (TPSA) is 54.3 Å². The normalized spacial score (nSPS) is 13.8. The third-order valence-corrected chi connectivity index (χ3v) is 6.10. The summed E-state index contributed by atoms with van der Waals surface area (Å²) in [5.41, 5.74) is 3.17. The maximum Gasteiger partial charge on any atom is 0.244 e. The zero-order chi connectivity index (χ0) is 21.4. The number of nitrogens with zero attached hydrogens (tertiary/aromatic N) is 2. The number of para-hydroxylation sites is 2. The number of carbonyl (C=O) groups is 1. The van der Waals surface area contributed by atoms with Gasteiger partial charge in [0.15, 0.2) is 5.43 Å². The zero-order valence-corrected chi connectivity index (χ0v) is 17.7. The molecular weight excluding hydrogens is 410 g/mol. The van der Waals surface area contributed by atoms with Gasteiger partial charge in [0.2, 0.25) is 5.91 Å². The van der Waals surface area contributed by atoms with E-state index in [1.54, 1.807) is 18.2 Å². The molecule has 0 unspecified atom stereocenters. The Hall–Kier alpha value is -3.31. The number of carbonyl (C=O) groups excluding carboxylic acids is 1. The standard InChI is InChI=1S/C25H22ClN3O2/c26-17-11-12-23(28-13-5-6-14-28)20(15-17)27-24(30)16-29-21-9-3-1-7-18(21)25(31)19-8-2-4-10-22(19)29/h1-4,7-12,15H,5-6,13-14,16H2,(H,27,30). The van der Waals surface area contributed by atoms with Crippen LogP contribution in [0, 0.1) is 0 Å². The van der Waals surface area contributed by atoms with E-state index in [1.165, 1.54) is 0 Å². The van der Waals surface area contributed by atoms with Crippen LogP contribution in [0.25, 0.3) is 21.8 Å². The van der Waals surface area contributed by atoms with E-state index in [1.807, 2.05) is 53.1 Å². The van der Waals surface area contributed by atoms with E-state index in [9.17, 15) is 9.59 Å². The molecule has 1 aliphatic heterocycles. The van der Waals surface area contributed by atoms with Crippen LogP contribution in [0.5, 0.6) is 0 Å². The van der Waals surface area contributed by atoms with Crippen molar-refractivity contribution in [1.82, 2.24) is 4.57 Å². The molecule has 2 heterocycles. The van der Waals surface area contributed by atoms with Gasteiger partial charge in [0.1, 0.15) is 6.54 Å². The second-order valence-electron chi connectivity index (χ2n) is 7.85. The Morgan fingerprint density at radius 2 is 1.52 bits per heavy atom. The Labute approximate surface area is 184 Å². The molecule has 6 heteroatoms. The zero-order valence-electron chi connectivity index (χ0n) is 17.0. The molecule has 0 spiro atoms. The van der Waals surface area contributed by atoms with Crippen molar-refractivity contribution in [3.8, 4) is 0 Å². The lowest BCUT2D eigenvalue weighted by Crippen LogP contribution is -2.24. The second kappa shape index (κ2) is 8.08. The fourth-order valence-electron chi connectivity index (χ4n) is 4.42. The molecule has 0 bridgehead atoms. The molecule has 31 heavy (non-hydrogen) atoms. The molecule has 1 amide bonds. The molecule has 5 nitrogen and oxygen atoms in total. The number of rotatable bonds is 4. The van der Waals surface area contributed by atoms with Gasteiger partial charge in [0, 0.05) is 28.9 Å². The smallest absolute Gasteiger partial charge is 0.244 e. The van der Waals surface area contributed by atoms with Gasteiger partial charge in [-0.25, -0.2) is 0 Å². The van der Waals surface area contributed by atoms with E-state index in [4.69, 9.17) is 11.6 Å². The summed E-state index contributed by atoms with van der Waals surface area (Å²) in [6.07, 6.45) is 2.29. The SMILES string of the molecule is O=C(Cn1c2ccccc2c(=O)c2ccccc21)Nc1cc(Cl)ccc1N1CCCC1. The minimum atomic E-state index is -0.165. The van der Waals surface area contributed by atoms with Crippen molar-refractivity contribution >= 4 is 50.7 Å². The summed E-state index contributed by atoms with van der Waals surface area (Å²) in [5, 5.41) is 4.85. The van der Waals surface area contributed by atoms with Crippen LogP contribution in [0.4, 0.5) is 11.4 Å². The second-order valence-corrected chi connectivity index (χ2v) is 8.29. The van der Waals surface area contributed by atoms with Gasteiger partial charge in [0.05, 0.1) is 22.4 Å². The van der Waals surface area contributed by atoms with E-state index in [-0.39, 0.29) is 17.9 Å². The fraction of sp³-hybridized carbons (Fsp3) is 0.200. The average molecular weight is 432 g/mol. The molecule has 0 aliphatic carbocycles. The number of halogens is 1. The first-order chi connectivity index (χ1) is 15.1. The number of fused-ring (bicyclic) bond motifs is 2. The molecule has 1 fully saturated rings. The quantitative estimate of drug-likeness (QED) is 0.460. The Morgan fingerprint density at radius 3 is 2.16 bits per heavy atom. The van der Waals surface area contributed by atoms with Gasteiger partial charge in [-0.3, -0.25) is 9.59 Å². The van der Waals surface area contributed by atoms with Gasteiger partial charge >= 0.3 is 0 Å². The van der Waals surface area contributed by atoms with Crippen LogP contribution in [0.15, 0.2) is 71.5 Å². The number of hydrogen-bond acceptors (Lipinski definition) is 3. The number of benzene rings is 3. The number of anilines is 2. The third kappa shape index (κ3) is 3.66. The predicted molar refractivity (Wildman–Crippen MR) is 127 cm³/mol. The Kier molecular flexibility index (Phi) is 5.12. The van der Waals surface area contributed by atoms with E-state index in [2.05, 4.69) is 10.2 Å². The van der Waals surface area contributed by atoms with E-state index < -0.39 is 0 Å². The van der Waals surface area contributed by atoms with Crippen LogP contribution < -0.4 is 15.6 Å². The van der Waals surface area contributed by atoms with Gasteiger partial charge in [-0.1, -0.05) is 35.9 Å². The summed E-state index contributed by atoms with van der Waals surface area (Å²) in [4.78, 5) is 28.3. The Balaban J connectivity index is 1.54. The average Bonchev–Trinajstić information content (AvgIpc) is 3.31. The summed E-state index contributed by atoms with van der Waals surface area (Å²) in [5.74, 6) is -0.165. The van der Waals surface area contributed by atoms with Gasteiger partial charge < -0.3 is 14.8 Å². The largest absolute Gasteiger partial charge is 0.370 e. The van der Waals surface area contributed by atoms with Crippen molar-refractivity contribution in [2.24, 2.45) is 0 Å². The van der Waals surface area contributed by atoms with Gasteiger partial charge in [-0.15, -0.1) is 0 Å². The van der Waals surface area contributed by atoms with Gasteiger partial charge in [0.25, 0.3) is 0 Å². The number of amides is 1. The Morgan fingerprint density at radius 1 is 0.903 bits per heavy atom. The molecule has 4 aromatic rings. The maximum absolute atomic E-state index is 13.2. The summed E-state index contributed by atoms with van der Waals surface area (Å²) in [6.45, 7) is 2.03. The summed E-state index contributed by atoms with van der Waals surface area (Å²) < 4.78 is 1.90. The highest BCUT2D eigenvalue weighted by atomic mass is 35.5. The van der Waals surface area contributed by atoms with Crippen LogP contribution in [-0.2, 0) is 11.3 Å². The minimum Gasteiger partial charge on any atom is -0.370 e. The minimum absolute atomic E-state index is 0.0194. The highest BCUT2D eigenvalue weighted by Crippen LogP contribution is 2.31. The van der Waals surface area contributed by atoms with Crippen molar-refractivity contribution in [2.75, 3.05) is 23.3 Å². The van der Waals surface area contributed by atoms with E-state index >= 15 is 0 Å². The Bertz CT molecular complexity index is 1300. The highest BCUT2D eigenvalue weighted by Gasteiger charge is 2.18. The van der Waals surface area contributed by atoms with E-state index in [0.717, 1.165) is 42.7 Å². The molecule has 0 atom stereocenters. The van der Waals surface area contributed by atoms with Crippen LogP contribution >= 0.6 is 11.6 Å². The van der Waals surface area contributed by atoms with Crippen LogP contribution in [0.3, 0.4) is 0 Å². The first-order valence-electron chi connectivity index (χ1n) is 10.5. The molecule has 156 valence electrons. The highest BCUT2D eigenvalue weighted by molar-refractivity contribution is 6.31. The number of pyridine rings is 1. The lowest BCUT2D eigenvalue weighted by Gasteiger charge is -2.22.